The minimum Gasteiger partial charge on any atom is -0.478 e. The quantitative estimate of drug-likeness (QED) is 0.706. The molecule has 0 unspecified atom stereocenters. The number of aromatic nitrogens is 1. The highest BCUT2D eigenvalue weighted by Gasteiger charge is 2.28. The number of piperidine rings is 1. The molecule has 0 radical (unpaired) electrons. The highest BCUT2D eigenvalue weighted by Crippen LogP contribution is 2.33. The van der Waals surface area contributed by atoms with Crippen molar-refractivity contribution >= 4 is 28.8 Å². The summed E-state index contributed by atoms with van der Waals surface area (Å²) in [6.07, 6.45) is 2.93. The van der Waals surface area contributed by atoms with E-state index in [2.05, 4.69) is 10.2 Å². The van der Waals surface area contributed by atoms with E-state index in [1.54, 1.807) is 18.0 Å². The molecule has 2 heterocycles. The minimum absolute atomic E-state index is 0.0725. The van der Waals surface area contributed by atoms with Crippen LogP contribution in [0.5, 0.6) is 0 Å². The van der Waals surface area contributed by atoms with E-state index >= 15 is 0 Å². The molecule has 2 aromatic rings. The number of benzene rings is 1. The first-order chi connectivity index (χ1) is 14.2. The summed E-state index contributed by atoms with van der Waals surface area (Å²) in [6, 6.07) is 4.54. The number of halogens is 1. The van der Waals surface area contributed by atoms with Gasteiger partial charge >= 0.3 is 11.9 Å². The van der Waals surface area contributed by atoms with E-state index in [9.17, 15) is 18.8 Å². The van der Waals surface area contributed by atoms with Crippen LogP contribution in [0.3, 0.4) is 0 Å². The summed E-state index contributed by atoms with van der Waals surface area (Å²) in [6.45, 7) is 5.88. The van der Waals surface area contributed by atoms with Crippen LogP contribution in [0.4, 0.5) is 4.39 Å². The highest BCUT2D eigenvalue weighted by atomic mass is 19.1. The number of nitrogens with zero attached hydrogens (tertiary/aromatic N) is 3. The second-order valence-corrected chi connectivity index (χ2v) is 6.68. The molecular weight excluding hydrogens is 397 g/mol. The zero-order chi connectivity index (χ0) is 22.3. The average molecular weight is 421 g/mol. The van der Waals surface area contributed by atoms with Gasteiger partial charge in [0.25, 0.3) is 0 Å². The lowest BCUT2D eigenvalue weighted by Crippen LogP contribution is -2.48. The standard InChI is InChI=1S/C16H20FN3O2.C4H4O4/c1-3-20(11(2)21)19-8-6-12(7-9-19)16-14-5-4-13(17)10-15(14)22-18-16;5-3(6)1-2-4(7)8/h4-5,10,12H,3,6-9H2,1-2H3;1-2H,(H,5,6)(H,7,8). The molecule has 0 atom stereocenters. The Balaban J connectivity index is 0.000000343. The SMILES string of the molecule is CCN(C(C)=O)N1CCC(c2noc3cc(F)ccc23)CC1.O=C(O)C=CC(=O)O. The van der Waals surface area contributed by atoms with Crippen molar-refractivity contribution in [2.75, 3.05) is 19.6 Å². The van der Waals surface area contributed by atoms with Gasteiger partial charge in [0.15, 0.2) is 5.58 Å². The lowest BCUT2D eigenvalue weighted by Gasteiger charge is -2.38. The van der Waals surface area contributed by atoms with Crippen LogP contribution in [-0.4, -0.2) is 62.9 Å². The number of amides is 1. The van der Waals surface area contributed by atoms with Crippen molar-refractivity contribution in [3.8, 4) is 0 Å². The van der Waals surface area contributed by atoms with Gasteiger partial charge in [0.05, 0.1) is 5.69 Å². The van der Waals surface area contributed by atoms with Crippen LogP contribution >= 0.6 is 0 Å². The third-order valence-corrected chi connectivity index (χ3v) is 4.69. The Morgan fingerprint density at radius 3 is 2.33 bits per heavy atom. The molecule has 3 rings (SSSR count). The molecule has 1 aromatic carbocycles. The molecule has 9 nitrogen and oxygen atoms in total. The van der Waals surface area contributed by atoms with Crippen LogP contribution in [0.1, 0.15) is 38.3 Å². The number of rotatable bonds is 5. The van der Waals surface area contributed by atoms with Crippen molar-refractivity contribution in [3.05, 3.63) is 41.9 Å². The summed E-state index contributed by atoms with van der Waals surface area (Å²) in [4.78, 5) is 30.7. The summed E-state index contributed by atoms with van der Waals surface area (Å²) in [7, 11) is 0. The van der Waals surface area contributed by atoms with E-state index in [4.69, 9.17) is 14.7 Å². The van der Waals surface area contributed by atoms with Crippen molar-refractivity contribution in [2.24, 2.45) is 0 Å². The van der Waals surface area contributed by atoms with E-state index in [-0.39, 0.29) is 17.6 Å². The van der Waals surface area contributed by atoms with Crippen LogP contribution in [0.15, 0.2) is 34.9 Å². The van der Waals surface area contributed by atoms with E-state index in [1.807, 2.05) is 6.92 Å². The van der Waals surface area contributed by atoms with Crippen LogP contribution < -0.4 is 0 Å². The number of hydrazine groups is 1. The molecule has 10 heteroatoms. The smallest absolute Gasteiger partial charge is 0.328 e. The van der Waals surface area contributed by atoms with Crippen molar-refractivity contribution in [1.82, 2.24) is 15.2 Å². The van der Waals surface area contributed by atoms with Crippen molar-refractivity contribution in [2.45, 2.75) is 32.6 Å². The minimum atomic E-state index is -1.26. The van der Waals surface area contributed by atoms with Gasteiger partial charge in [-0.15, -0.1) is 0 Å². The van der Waals surface area contributed by atoms with Gasteiger partial charge in [0.1, 0.15) is 5.82 Å². The first-order valence-electron chi connectivity index (χ1n) is 9.44. The van der Waals surface area contributed by atoms with Gasteiger partial charge in [-0.25, -0.2) is 19.0 Å². The lowest BCUT2D eigenvalue weighted by molar-refractivity contribution is -0.148. The molecule has 1 amide bonds. The molecule has 1 aliphatic rings. The first-order valence-corrected chi connectivity index (χ1v) is 9.44. The van der Waals surface area contributed by atoms with Gasteiger partial charge in [-0.3, -0.25) is 9.80 Å². The predicted octanol–water partition coefficient (Wildman–Crippen LogP) is 2.64. The Bertz CT molecular complexity index is 918. The summed E-state index contributed by atoms with van der Waals surface area (Å²) >= 11 is 0. The second kappa shape index (κ2) is 10.5. The maximum atomic E-state index is 13.2. The number of fused-ring (bicyclic) bond motifs is 1. The monoisotopic (exact) mass is 421 g/mol. The summed E-state index contributed by atoms with van der Waals surface area (Å²) < 4.78 is 18.5. The highest BCUT2D eigenvalue weighted by molar-refractivity contribution is 5.89. The van der Waals surface area contributed by atoms with Gasteiger partial charge in [0, 0.05) is 56.1 Å². The zero-order valence-electron chi connectivity index (χ0n) is 16.7. The molecule has 1 aliphatic heterocycles. The molecule has 1 fully saturated rings. The third kappa shape index (κ3) is 6.11. The number of carbonyl (C=O) groups excluding carboxylic acids is 1. The summed E-state index contributed by atoms with van der Waals surface area (Å²) in [5, 5.41) is 24.5. The molecule has 0 saturated carbocycles. The largest absolute Gasteiger partial charge is 0.478 e. The lowest BCUT2D eigenvalue weighted by atomic mass is 9.92. The Morgan fingerprint density at radius 1 is 1.23 bits per heavy atom. The van der Waals surface area contributed by atoms with Gasteiger partial charge < -0.3 is 14.7 Å². The predicted molar refractivity (Wildman–Crippen MR) is 105 cm³/mol. The average Bonchev–Trinajstić information content (AvgIpc) is 3.10. The summed E-state index contributed by atoms with van der Waals surface area (Å²) in [5.74, 6) is -2.47. The molecular formula is C20H24FN3O6. The van der Waals surface area contributed by atoms with Crippen molar-refractivity contribution in [1.29, 1.82) is 0 Å². The van der Waals surface area contributed by atoms with Crippen LogP contribution in [0.2, 0.25) is 0 Å². The van der Waals surface area contributed by atoms with Crippen molar-refractivity contribution < 1.29 is 33.5 Å². The molecule has 1 aromatic heterocycles. The fourth-order valence-electron chi connectivity index (χ4n) is 3.37. The molecule has 1 saturated heterocycles. The maximum absolute atomic E-state index is 13.2. The Kier molecular flexibility index (Phi) is 8.05. The van der Waals surface area contributed by atoms with Crippen LogP contribution in [0.25, 0.3) is 11.0 Å². The van der Waals surface area contributed by atoms with Crippen molar-refractivity contribution in [3.63, 3.8) is 0 Å². The van der Waals surface area contributed by atoms with Gasteiger partial charge in [0.2, 0.25) is 5.91 Å². The molecule has 2 N–H and O–H groups in total. The molecule has 0 bridgehead atoms. The Labute approximate surface area is 172 Å². The van der Waals surface area contributed by atoms with Gasteiger partial charge in [-0.05, 0) is 31.9 Å². The number of hydrogen-bond acceptors (Lipinski definition) is 6. The number of carboxylic acids is 2. The van der Waals surface area contributed by atoms with E-state index in [0.717, 1.165) is 37.0 Å². The van der Waals surface area contributed by atoms with Crippen LogP contribution in [0, 0.1) is 5.82 Å². The molecule has 30 heavy (non-hydrogen) atoms. The molecule has 0 spiro atoms. The number of carbonyl (C=O) groups is 3. The van der Waals surface area contributed by atoms with Gasteiger partial charge in [-0.1, -0.05) is 5.16 Å². The van der Waals surface area contributed by atoms with E-state index in [0.29, 0.717) is 24.3 Å². The number of aliphatic carboxylic acids is 2. The third-order valence-electron chi connectivity index (χ3n) is 4.69. The molecule has 0 aliphatic carbocycles. The van der Waals surface area contributed by atoms with E-state index < -0.39 is 11.9 Å². The fourth-order valence-corrected chi connectivity index (χ4v) is 3.37. The Morgan fingerprint density at radius 2 is 1.83 bits per heavy atom. The molecule has 162 valence electrons. The first kappa shape index (κ1) is 23.0. The van der Waals surface area contributed by atoms with Gasteiger partial charge in [-0.2, -0.15) is 0 Å². The maximum Gasteiger partial charge on any atom is 0.328 e. The second-order valence-electron chi connectivity index (χ2n) is 6.68. The summed E-state index contributed by atoms with van der Waals surface area (Å²) in [5.41, 5.74) is 1.40. The van der Waals surface area contributed by atoms with E-state index in [1.165, 1.54) is 12.1 Å². The Hall–Kier alpha value is -3.27. The number of hydrogen-bond donors (Lipinski definition) is 2. The zero-order valence-corrected chi connectivity index (χ0v) is 16.7. The number of carboxylic acid groups (broad SMARTS) is 2. The normalized spacial score (nSPS) is 15.0. The fraction of sp³-hybridized carbons (Fsp3) is 0.400. The van der Waals surface area contributed by atoms with Crippen LogP contribution in [-0.2, 0) is 14.4 Å². The topological polar surface area (TPSA) is 124 Å².